The summed E-state index contributed by atoms with van der Waals surface area (Å²) >= 11 is 0. The number of carbonyl (C=O) groups is 1. The second kappa shape index (κ2) is 9.00. The zero-order chi connectivity index (χ0) is 21.6. The van der Waals surface area contributed by atoms with E-state index in [0.717, 1.165) is 11.1 Å². The largest absolute Gasteiger partial charge is 0.507 e. The molecule has 8 heteroatoms. The molecule has 0 fully saturated rings. The normalized spacial score (nSPS) is 11.3. The molecule has 2 N–H and O–H groups in total. The number of phenols is 1. The van der Waals surface area contributed by atoms with Gasteiger partial charge in [0, 0.05) is 16.7 Å². The Morgan fingerprint density at radius 3 is 2.45 bits per heavy atom. The Bertz CT molecular complexity index is 1220. The monoisotopic (exact) mass is 412 g/mol. The first-order valence-electron chi connectivity index (χ1n) is 9.65. The second-order valence-corrected chi connectivity index (χ2v) is 6.86. The van der Waals surface area contributed by atoms with Crippen LogP contribution >= 0.6 is 0 Å². The summed E-state index contributed by atoms with van der Waals surface area (Å²) < 4.78 is 0. The fourth-order valence-electron chi connectivity index (χ4n) is 2.98. The molecule has 0 aliphatic heterocycles. The zero-order valence-corrected chi connectivity index (χ0v) is 16.8. The number of hydrogen-bond donors (Lipinski definition) is 2. The van der Waals surface area contributed by atoms with Gasteiger partial charge in [-0.2, -0.15) is 9.90 Å². The first-order chi connectivity index (χ1) is 15.1. The van der Waals surface area contributed by atoms with Crippen LogP contribution in [-0.2, 0) is 6.54 Å². The number of nitrogens with zero attached hydrogens (tertiary/aromatic N) is 5. The minimum atomic E-state index is -0.341. The number of hydrazone groups is 1. The van der Waals surface area contributed by atoms with Gasteiger partial charge in [0.25, 0.3) is 5.91 Å². The lowest BCUT2D eigenvalue weighted by Gasteiger charge is -2.05. The van der Waals surface area contributed by atoms with Gasteiger partial charge in [-0.05, 0) is 42.0 Å². The van der Waals surface area contributed by atoms with E-state index >= 15 is 0 Å². The van der Waals surface area contributed by atoms with E-state index in [1.54, 1.807) is 43.3 Å². The minimum Gasteiger partial charge on any atom is -0.507 e. The highest BCUT2D eigenvalue weighted by Gasteiger charge is 2.09. The lowest BCUT2D eigenvalue weighted by Crippen LogP contribution is -2.19. The molecule has 0 aliphatic rings. The van der Waals surface area contributed by atoms with Crippen molar-refractivity contribution in [1.82, 2.24) is 25.6 Å². The third-order valence-electron chi connectivity index (χ3n) is 4.64. The van der Waals surface area contributed by atoms with E-state index in [1.807, 2.05) is 42.5 Å². The summed E-state index contributed by atoms with van der Waals surface area (Å²) in [4.78, 5) is 13.9. The van der Waals surface area contributed by atoms with Gasteiger partial charge in [-0.15, -0.1) is 10.2 Å². The number of para-hydroxylation sites is 1. The summed E-state index contributed by atoms with van der Waals surface area (Å²) in [5.41, 5.74) is 5.89. The van der Waals surface area contributed by atoms with E-state index in [-0.39, 0.29) is 11.7 Å². The van der Waals surface area contributed by atoms with Crippen LogP contribution in [0.4, 0.5) is 0 Å². The smallest absolute Gasteiger partial charge is 0.271 e. The van der Waals surface area contributed by atoms with Crippen molar-refractivity contribution in [2.24, 2.45) is 5.10 Å². The maximum atomic E-state index is 12.4. The fourth-order valence-corrected chi connectivity index (χ4v) is 2.98. The molecule has 0 aliphatic carbocycles. The predicted octanol–water partition coefficient (Wildman–Crippen LogP) is 3.25. The molecule has 1 amide bonds. The number of nitrogens with one attached hydrogen (secondary N) is 1. The SMILES string of the molecule is C/C(=N\NC(=O)c1ccc(Cn2nnc(-c3ccccc3)n2)cc1)c1ccccc1O. The van der Waals surface area contributed by atoms with Crippen LogP contribution in [0, 0.1) is 0 Å². The molecule has 4 aromatic rings. The number of amides is 1. The van der Waals surface area contributed by atoms with Crippen LogP contribution in [0.3, 0.4) is 0 Å². The van der Waals surface area contributed by atoms with Crippen LogP contribution in [0.15, 0.2) is 84.0 Å². The van der Waals surface area contributed by atoms with E-state index in [1.165, 1.54) is 4.80 Å². The lowest BCUT2D eigenvalue weighted by atomic mass is 10.1. The molecule has 154 valence electrons. The number of aromatic hydroxyl groups is 1. The number of carbonyl (C=O) groups excluding carboxylic acids is 1. The van der Waals surface area contributed by atoms with E-state index in [2.05, 4.69) is 25.9 Å². The molecule has 0 saturated carbocycles. The Balaban J connectivity index is 1.39. The van der Waals surface area contributed by atoms with Crippen molar-refractivity contribution in [3.05, 3.63) is 95.6 Å². The van der Waals surface area contributed by atoms with Gasteiger partial charge < -0.3 is 5.11 Å². The van der Waals surface area contributed by atoms with Crippen LogP contribution < -0.4 is 5.43 Å². The highest BCUT2D eigenvalue weighted by atomic mass is 16.3. The molecule has 3 aromatic carbocycles. The summed E-state index contributed by atoms with van der Waals surface area (Å²) in [5.74, 6) is 0.334. The Labute approximate surface area is 178 Å². The Hall–Kier alpha value is -4.33. The predicted molar refractivity (Wildman–Crippen MR) is 117 cm³/mol. The van der Waals surface area contributed by atoms with Gasteiger partial charge in [0.15, 0.2) is 0 Å². The zero-order valence-electron chi connectivity index (χ0n) is 16.8. The van der Waals surface area contributed by atoms with Gasteiger partial charge >= 0.3 is 0 Å². The third-order valence-corrected chi connectivity index (χ3v) is 4.64. The lowest BCUT2D eigenvalue weighted by molar-refractivity contribution is 0.0955. The van der Waals surface area contributed by atoms with Gasteiger partial charge in [-0.1, -0.05) is 54.6 Å². The standard InChI is InChI=1S/C23H20N6O2/c1-16(20-9-5-6-10-21(20)30)24-26-23(31)19-13-11-17(12-14-19)15-29-27-22(25-28-29)18-7-3-2-4-8-18/h2-14,30H,15H2,1H3,(H,26,31)/b24-16+. The number of hydrogen-bond acceptors (Lipinski definition) is 6. The van der Waals surface area contributed by atoms with E-state index in [0.29, 0.717) is 29.2 Å². The third kappa shape index (κ3) is 4.81. The second-order valence-electron chi connectivity index (χ2n) is 6.86. The van der Waals surface area contributed by atoms with Gasteiger partial charge in [0.2, 0.25) is 5.82 Å². The molecular weight excluding hydrogens is 392 g/mol. The van der Waals surface area contributed by atoms with Gasteiger partial charge in [-0.25, -0.2) is 5.43 Å². The maximum absolute atomic E-state index is 12.4. The van der Waals surface area contributed by atoms with Crippen molar-refractivity contribution < 1.29 is 9.90 Å². The molecule has 1 heterocycles. The van der Waals surface area contributed by atoms with Crippen molar-refractivity contribution in [2.75, 3.05) is 0 Å². The van der Waals surface area contributed by atoms with Crippen molar-refractivity contribution in [3.63, 3.8) is 0 Å². The molecule has 0 atom stereocenters. The molecule has 8 nitrogen and oxygen atoms in total. The average molecular weight is 412 g/mol. The van der Waals surface area contributed by atoms with Crippen molar-refractivity contribution in [2.45, 2.75) is 13.5 Å². The molecular formula is C23H20N6O2. The van der Waals surface area contributed by atoms with Crippen LogP contribution in [0.2, 0.25) is 0 Å². The summed E-state index contributed by atoms with van der Waals surface area (Å²) in [6, 6.07) is 23.6. The number of aromatic nitrogens is 4. The fraction of sp³-hybridized carbons (Fsp3) is 0.0870. The van der Waals surface area contributed by atoms with Crippen molar-refractivity contribution in [1.29, 1.82) is 0 Å². The molecule has 0 spiro atoms. The van der Waals surface area contributed by atoms with E-state index in [9.17, 15) is 9.90 Å². The van der Waals surface area contributed by atoms with Crippen LogP contribution in [0.1, 0.15) is 28.4 Å². The van der Waals surface area contributed by atoms with Crippen LogP contribution in [-0.4, -0.2) is 36.9 Å². The van der Waals surface area contributed by atoms with Crippen LogP contribution in [0.5, 0.6) is 5.75 Å². The van der Waals surface area contributed by atoms with E-state index < -0.39 is 0 Å². The summed E-state index contributed by atoms with van der Waals surface area (Å²) in [6.07, 6.45) is 0. The molecule has 0 bridgehead atoms. The number of phenolic OH excluding ortho intramolecular Hbond substituents is 1. The molecule has 0 unspecified atom stereocenters. The van der Waals surface area contributed by atoms with Gasteiger partial charge in [-0.3, -0.25) is 4.79 Å². The highest BCUT2D eigenvalue weighted by molar-refractivity contribution is 6.02. The summed E-state index contributed by atoms with van der Waals surface area (Å²) in [7, 11) is 0. The molecule has 1 aromatic heterocycles. The topological polar surface area (TPSA) is 105 Å². The Kier molecular flexibility index (Phi) is 5.79. The number of tetrazole rings is 1. The Morgan fingerprint density at radius 2 is 1.71 bits per heavy atom. The molecule has 0 radical (unpaired) electrons. The summed E-state index contributed by atoms with van der Waals surface area (Å²) in [5, 5.41) is 26.5. The number of benzene rings is 3. The Morgan fingerprint density at radius 1 is 1.00 bits per heavy atom. The van der Waals surface area contributed by atoms with Crippen molar-refractivity contribution >= 4 is 11.6 Å². The molecule has 31 heavy (non-hydrogen) atoms. The quantitative estimate of drug-likeness (QED) is 0.374. The van der Waals surface area contributed by atoms with Crippen molar-refractivity contribution in [3.8, 4) is 17.1 Å². The van der Waals surface area contributed by atoms with Gasteiger partial charge in [0.1, 0.15) is 5.75 Å². The number of rotatable bonds is 6. The maximum Gasteiger partial charge on any atom is 0.271 e. The highest BCUT2D eigenvalue weighted by Crippen LogP contribution is 2.16. The first-order valence-corrected chi connectivity index (χ1v) is 9.65. The minimum absolute atomic E-state index is 0.111. The van der Waals surface area contributed by atoms with E-state index in [4.69, 9.17) is 0 Å². The summed E-state index contributed by atoms with van der Waals surface area (Å²) in [6.45, 7) is 2.15. The van der Waals surface area contributed by atoms with Crippen LogP contribution in [0.25, 0.3) is 11.4 Å². The first kappa shape index (κ1) is 20.0. The molecule has 0 saturated heterocycles. The van der Waals surface area contributed by atoms with Gasteiger partial charge in [0.05, 0.1) is 12.3 Å². The molecule has 4 rings (SSSR count). The average Bonchev–Trinajstić information content (AvgIpc) is 3.27.